The van der Waals surface area contributed by atoms with Crippen LogP contribution in [0.25, 0.3) is 0 Å². The zero-order valence-electron chi connectivity index (χ0n) is 6.76. The van der Waals surface area contributed by atoms with Gasteiger partial charge in [-0.2, -0.15) is 0 Å². The molecule has 0 aliphatic heterocycles. The minimum atomic E-state index is -2.13. The van der Waals surface area contributed by atoms with Crippen molar-refractivity contribution in [3.8, 4) is 0 Å². The van der Waals surface area contributed by atoms with Crippen molar-refractivity contribution in [2.75, 3.05) is 0 Å². The van der Waals surface area contributed by atoms with Crippen LogP contribution in [0.15, 0.2) is 24.3 Å². The summed E-state index contributed by atoms with van der Waals surface area (Å²) in [7, 11) is 0. The van der Waals surface area contributed by atoms with Gasteiger partial charge in [0.05, 0.1) is 0 Å². The van der Waals surface area contributed by atoms with Crippen molar-refractivity contribution < 1.29 is 0 Å². The molecule has 0 radical (unpaired) electrons. The first kappa shape index (κ1) is 3.74. The molecule has 0 aliphatic carbocycles. The molecule has 0 fully saturated rings. The van der Waals surface area contributed by atoms with Crippen LogP contribution < -0.4 is 4.35 Å². The third-order valence-corrected chi connectivity index (χ3v) is 2.17. The predicted octanol–water partition coefficient (Wildman–Crippen LogP) is 0.253. The molecule has 0 bridgehead atoms. The van der Waals surface area contributed by atoms with E-state index in [9.17, 15) is 0 Å². The van der Waals surface area contributed by atoms with E-state index in [0.29, 0.717) is 0 Å². The third-order valence-electron chi connectivity index (χ3n) is 1.12. The maximum atomic E-state index is 7.27. The van der Waals surface area contributed by atoms with Gasteiger partial charge in [-0.05, 0) is 0 Å². The number of hydrogen-bond acceptors (Lipinski definition) is 0. The van der Waals surface area contributed by atoms with Gasteiger partial charge in [0.2, 0.25) is 0 Å². The molecule has 0 heterocycles. The Morgan fingerprint density at radius 2 is 2.25 bits per heavy atom. The number of aryl methyl sites for hydroxylation is 1. The monoisotopic (exact) mass is 170 g/mol. The molecular formula is C7H9As. The summed E-state index contributed by atoms with van der Waals surface area (Å²) in [6.07, 6.45) is 0. The Kier molecular flexibility index (Phi) is 1.11. The molecule has 0 amide bonds. The van der Waals surface area contributed by atoms with Crippen LogP contribution in [0.4, 0.5) is 0 Å². The second kappa shape index (κ2) is 2.37. The normalized spacial score (nSPS) is 13.2. The van der Waals surface area contributed by atoms with E-state index >= 15 is 0 Å². The fourth-order valence-corrected chi connectivity index (χ4v) is 0.900. The zero-order chi connectivity index (χ0) is 7.56. The summed E-state index contributed by atoms with van der Waals surface area (Å²) in [6, 6.07) is 7.68. The standard InChI is InChI=1S/C7H9As/c1-6-4-2-3-5-7(6)8/h2-5H,8H2,1H3/i8D2. The number of benzene rings is 1. The van der Waals surface area contributed by atoms with E-state index in [0.717, 1.165) is 9.91 Å². The molecule has 0 saturated heterocycles. The molecule has 1 rings (SSSR count). The van der Waals surface area contributed by atoms with Crippen molar-refractivity contribution in [2.45, 2.75) is 6.92 Å². The van der Waals surface area contributed by atoms with Crippen molar-refractivity contribution >= 4 is 20.9 Å². The van der Waals surface area contributed by atoms with Crippen molar-refractivity contribution in [3.05, 3.63) is 29.8 Å². The van der Waals surface area contributed by atoms with Crippen LogP contribution >= 0.6 is 0 Å². The van der Waals surface area contributed by atoms with E-state index in [-0.39, 0.29) is 0 Å². The van der Waals surface area contributed by atoms with E-state index in [1.54, 1.807) is 0 Å². The first-order valence-electron chi connectivity index (χ1n) is 3.45. The number of rotatable bonds is 1. The molecule has 1 aromatic carbocycles. The summed E-state index contributed by atoms with van der Waals surface area (Å²) in [5.41, 5.74) is 1.09. The average Bonchev–Trinajstić information content (AvgIpc) is 1.88. The molecule has 1 heteroatoms. The molecule has 0 aromatic heterocycles. The topological polar surface area (TPSA) is 0 Å². The predicted molar refractivity (Wildman–Crippen MR) is 39.4 cm³/mol. The van der Waals surface area contributed by atoms with E-state index in [2.05, 4.69) is 0 Å². The molecule has 0 atom stereocenters. The molecule has 0 N–H and O–H groups in total. The molecule has 0 unspecified atom stereocenters. The molecular weight excluding hydrogens is 159 g/mol. The summed E-state index contributed by atoms with van der Waals surface area (Å²) in [5, 5.41) is 0. The molecule has 0 spiro atoms. The summed E-state index contributed by atoms with van der Waals surface area (Å²) < 4.78 is 15.5. The Bertz CT molecular complexity index is 223. The third kappa shape index (κ3) is 1.14. The van der Waals surface area contributed by atoms with Crippen LogP contribution in [0, 0.1) is 6.92 Å². The molecule has 0 nitrogen and oxygen atoms in total. The van der Waals surface area contributed by atoms with Gasteiger partial charge in [-0.25, -0.2) is 0 Å². The molecule has 42 valence electrons. The van der Waals surface area contributed by atoms with Crippen LogP contribution in [-0.4, -0.2) is 18.4 Å². The fourth-order valence-electron chi connectivity index (χ4n) is 0.563. The van der Waals surface area contributed by atoms with Crippen molar-refractivity contribution in [2.24, 2.45) is 0 Å². The van der Waals surface area contributed by atoms with Gasteiger partial charge in [-0.3, -0.25) is 0 Å². The SMILES string of the molecule is [2H][As]([2H])c1ccccc1C. The minimum absolute atomic E-state index is 0.940. The van der Waals surface area contributed by atoms with Crippen LogP contribution in [0.1, 0.15) is 5.56 Å². The number of hydrogen-bond donors (Lipinski definition) is 0. The molecule has 0 saturated carbocycles. The van der Waals surface area contributed by atoms with Crippen LogP contribution in [0.2, 0.25) is 0 Å². The summed E-state index contributed by atoms with van der Waals surface area (Å²) in [4.78, 5) is 0. The molecule has 0 aliphatic rings. The van der Waals surface area contributed by atoms with Gasteiger partial charge in [0.1, 0.15) is 0 Å². The van der Waals surface area contributed by atoms with E-state index in [4.69, 9.17) is 1.82 Å². The maximum absolute atomic E-state index is 7.27. The van der Waals surface area contributed by atoms with Gasteiger partial charge in [-0.15, -0.1) is 0 Å². The fraction of sp³-hybridized carbons (Fsp3) is 0.143. The van der Waals surface area contributed by atoms with E-state index in [1.165, 1.54) is 0 Å². The second-order valence-electron chi connectivity index (χ2n) is 1.79. The summed E-state index contributed by atoms with van der Waals surface area (Å²) >= 11 is -2.13. The van der Waals surface area contributed by atoms with Crippen LogP contribution in [0.5, 0.6) is 0 Å². The van der Waals surface area contributed by atoms with Gasteiger partial charge >= 0.3 is 59.5 Å². The van der Waals surface area contributed by atoms with Gasteiger partial charge in [0, 0.05) is 0 Å². The Morgan fingerprint density at radius 3 is 2.75 bits per heavy atom. The van der Waals surface area contributed by atoms with Crippen LogP contribution in [0.3, 0.4) is 0 Å². The van der Waals surface area contributed by atoms with Gasteiger partial charge < -0.3 is 0 Å². The summed E-state index contributed by atoms with van der Waals surface area (Å²) in [6.45, 7) is 1.96. The zero-order valence-corrected chi connectivity index (χ0v) is 6.63. The van der Waals surface area contributed by atoms with Gasteiger partial charge in [0.25, 0.3) is 0 Å². The quantitative estimate of drug-likeness (QED) is 0.530. The van der Waals surface area contributed by atoms with Crippen molar-refractivity contribution in [1.29, 1.82) is 1.82 Å². The Hall–Kier alpha value is -0.222. The summed E-state index contributed by atoms with van der Waals surface area (Å²) in [5.74, 6) is 0. The van der Waals surface area contributed by atoms with E-state index in [1.807, 2.05) is 31.2 Å². The van der Waals surface area contributed by atoms with Crippen molar-refractivity contribution in [3.63, 3.8) is 0 Å². The average molecular weight is 170 g/mol. The second-order valence-corrected chi connectivity index (χ2v) is 2.80. The van der Waals surface area contributed by atoms with E-state index < -0.39 is 16.6 Å². The van der Waals surface area contributed by atoms with Crippen LogP contribution in [-0.2, 0) is 0 Å². The molecule has 1 aromatic rings. The Labute approximate surface area is 60.1 Å². The van der Waals surface area contributed by atoms with Gasteiger partial charge in [-0.1, -0.05) is 0 Å². The Balaban J connectivity index is 3.03. The van der Waals surface area contributed by atoms with Gasteiger partial charge in [0.15, 0.2) is 0 Å². The first-order valence-corrected chi connectivity index (χ1v) is 3.49. The molecule has 8 heavy (non-hydrogen) atoms. The van der Waals surface area contributed by atoms with Crippen molar-refractivity contribution in [1.82, 2.24) is 0 Å². The first-order chi connectivity index (χ1) is 4.72. The Morgan fingerprint density at radius 1 is 1.50 bits per heavy atom.